The Morgan fingerprint density at radius 1 is 1.31 bits per heavy atom. The number of fused-ring (bicyclic) bond motifs is 1. The lowest BCUT2D eigenvalue weighted by atomic mass is 10.2. The molecule has 2 heterocycles. The maximum Gasteiger partial charge on any atom is 0.233 e. The molecule has 0 aliphatic heterocycles. The monoisotopic (exact) mass is 176 g/mol. The summed E-state index contributed by atoms with van der Waals surface area (Å²) in [4.78, 5) is 19.3. The van der Waals surface area contributed by atoms with Gasteiger partial charge in [-0.3, -0.25) is 4.79 Å². The second-order valence-corrected chi connectivity index (χ2v) is 2.86. The molecule has 0 atom stereocenters. The Balaban J connectivity index is 3.03. The number of aryl methyl sites for hydroxylation is 2. The van der Waals surface area contributed by atoms with Gasteiger partial charge < -0.3 is 4.42 Å². The van der Waals surface area contributed by atoms with Gasteiger partial charge in [0.15, 0.2) is 5.43 Å². The van der Waals surface area contributed by atoms with Crippen LogP contribution < -0.4 is 5.43 Å². The highest BCUT2D eigenvalue weighted by Crippen LogP contribution is 2.10. The zero-order chi connectivity index (χ0) is 9.42. The fraction of sp³-hybridized carbons (Fsp3) is 0.222. The van der Waals surface area contributed by atoms with Gasteiger partial charge in [-0.05, 0) is 13.8 Å². The lowest BCUT2D eigenvalue weighted by Gasteiger charge is -1.98. The van der Waals surface area contributed by atoms with Crippen molar-refractivity contribution in [2.45, 2.75) is 13.8 Å². The highest BCUT2D eigenvalue weighted by atomic mass is 16.3. The van der Waals surface area contributed by atoms with E-state index in [1.807, 2.05) is 0 Å². The average Bonchev–Trinajstić information content (AvgIpc) is 2.02. The smallest absolute Gasteiger partial charge is 0.233 e. The van der Waals surface area contributed by atoms with E-state index in [2.05, 4.69) is 9.97 Å². The molecule has 0 amide bonds. The van der Waals surface area contributed by atoms with Gasteiger partial charge in [-0.15, -0.1) is 0 Å². The summed E-state index contributed by atoms with van der Waals surface area (Å²) in [5, 5.41) is 0.466. The second-order valence-electron chi connectivity index (χ2n) is 2.86. The molecule has 2 rings (SSSR count). The predicted molar refractivity (Wildman–Crippen MR) is 47.5 cm³/mol. The van der Waals surface area contributed by atoms with Crippen molar-refractivity contribution in [2.24, 2.45) is 0 Å². The molecule has 4 nitrogen and oxygen atoms in total. The van der Waals surface area contributed by atoms with Gasteiger partial charge in [0.1, 0.15) is 17.5 Å². The second kappa shape index (κ2) is 2.65. The lowest BCUT2D eigenvalue weighted by molar-refractivity contribution is 0.552. The lowest BCUT2D eigenvalue weighted by Crippen LogP contribution is -2.04. The van der Waals surface area contributed by atoms with E-state index < -0.39 is 0 Å². The van der Waals surface area contributed by atoms with Crippen LogP contribution >= 0.6 is 0 Å². The molecule has 66 valence electrons. The standard InChI is InChI=1S/C9H8N2O2/c1-5-3-7(12)8-6(2)10-4-11-9(8)13-5/h3-4H,1-2H3. The summed E-state index contributed by atoms with van der Waals surface area (Å²) in [6.45, 7) is 3.48. The van der Waals surface area contributed by atoms with E-state index in [-0.39, 0.29) is 5.43 Å². The zero-order valence-electron chi connectivity index (χ0n) is 7.37. The Kier molecular flexibility index (Phi) is 1.62. The minimum atomic E-state index is -0.0862. The molecule has 0 aromatic carbocycles. The number of hydrogen-bond donors (Lipinski definition) is 0. The number of nitrogens with zero attached hydrogens (tertiary/aromatic N) is 2. The summed E-state index contributed by atoms with van der Waals surface area (Å²) in [5.41, 5.74) is 0.924. The molecule has 0 aliphatic rings. The van der Waals surface area contributed by atoms with Crippen LogP contribution in [-0.4, -0.2) is 9.97 Å². The molecule has 4 heteroatoms. The van der Waals surface area contributed by atoms with Crippen LogP contribution in [0.25, 0.3) is 11.1 Å². The Hall–Kier alpha value is -1.71. The van der Waals surface area contributed by atoms with Gasteiger partial charge in [-0.1, -0.05) is 0 Å². The molecule has 2 aromatic heterocycles. The van der Waals surface area contributed by atoms with Crippen molar-refractivity contribution in [2.75, 3.05) is 0 Å². The van der Waals surface area contributed by atoms with Gasteiger partial charge in [0, 0.05) is 6.07 Å². The third-order valence-corrected chi connectivity index (χ3v) is 1.84. The van der Waals surface area contributed by atoms with Crippen LogP contribution in [0.2, 0.25) is 0 Å². The largest absolute Gasteiger partial charge is 0.443 e. The van der Waals surface area contributed by atoms with Crippen LogP contribution in [0, 0.1) is 13.8 Å². The molecule has 0 unspecified atom stereocenters. The molecule has 0 N–H and O–H groups in total. The van der Waals surface area contributed by atoms with Gasteiger partial charge in [-0.2, -0.15) is 0 Å². The van der Waals surface area contributed by atoms with Crippen LogP contribution in [0.3, 0.4) is 0 Å². The quantitative estimate of drug-likeness (QED) is 0.605. The average molecular weight is 176 g/mol. The van der Waals surface area contributed by atoms with Gasteiger partial charge in [0.2, 0.25) is 5.71 Å². The minimum Gasteiger partial charge on any atom is -0.443 e. The Morgan fingerprint density at radius 2 is 2.08 bits per heavy atom. The molecule has 13 heavy (non-hydrogen) atoms. The molecule has 0 aliphatic carbocycles. The molecule has 0 saturated carbocycles. The van der Waals surface area contributed by atoms with Crippen molar-refractivity contribution in [1.82, 2.24) is 9.97 Å². The topological polar surface area (TPSA) is 56.0 Å². The molecule has 0 saturated heterocycles. The Morgan fingerprint density at radius 3 is 2.85 bits per heavy atom. The summed E-state index contributed by atoms with van der Waals surface area (Å²) in [6, 6.07) is 1.44. The van der Waals surface area contributed by atoms with Crippen LogP contribution in [0.15, 0.2) is 21.6 Å². The number of aromatic nitrogens is 2. The van der Waals surface area contributed by atoms with Crippen LogP contribution in [0.4, 0.5) is 0 Å². The summed E-state index contributed by atoms with van der Waals surface area (Å²) < 4.78 is 5.27. The van der Waals surface area contributed by atoms with Crippen molar-refractivity contribution in [3.63, 3.8) is 0 Å². The maximum absolute atomic E-state index is 11.5. The first-order chi connectivity index (χ1) is 6.18. The van der Waals surface area contributed by atoms with E-state index in [4.69, 9.17) is 4.42 Å². The highest BCUT2D eigenvalue weighted by Gasteiger charge is 2.06. The van der Waals surface area contributed by atoms with E-state index >= 15 is 0 Å². The van der Waals surface area contributed by atoms with Crippen molar-refractivity contribution in [3.05, 3.63) is 34.1 Å². The SMILES string of the molecule is Cc1cc(=O)c2c(C)ncnc2o1. The third-order valence-electron chi connectivity index (χ3n) is 1.84. The Labute approximate surface area is 74.2 Å². The van der Waals surface area contributed by atoms with E-state index in [9.17, 15) is 4.79 Å². The van der Waals surface area contributed by atoms with Crippen LogP contribution in [0.1, 0.15) is 11.5 Å². The first-order valence-electron chi connectivity index (χ1n) is 3.90. The number of hydrogen-bond acceptors (Lipinski definition) is 4. The van der Waals surface area contributed by atoms with Gasteiger partial charge in [-0.25, -0.2) is 9.97 Å². The predicted octanol–water partition coefficient (Wildman–Crippen LogP) is 1.20. The third kappa shape index (κ3) is 1.20. The van der Waals surface area contributed by atoms with Crippen LogP contribution in [-0.2, 0) is 0 Å². The molecule has 0 spiro atoms. The first kappa shape index (κ1) is 7.91. The van der Waals surface area contributed by atoms with Crippen LogP contribution in [0.5, 0.6) is 0 Å². The van der Waals surface area contributed by atoms with Crippen molar-refractivity contribution >= 4 is 11.1 Å². The summed E-state index contributed by atoms with van der Waals surface area (Å²) in [7, 11) is 0. The molecule has 0 fully saturated rings. The van der Waals surface area contributed by atoms with Gasteiger partial charge >= 0.3 is 0 Å². The maximum atomic E-state index is 11.5. The van der Waals surface area contributed by atoms with E-state index in [0.717, 1.165) is 0 Å². The fourth-order valence-electron chi connectivity index (χ4n) is 1.25. The Bertz CT molecular complexity index is 516. The van der Waals surface area contributed by atoms with Crippen molar-refractivity contribution < 1.29 is 4.42 Å². The fourth-order valence-corrected chi connectivity index (χ4v) is 1.25. The molecular weight excluding hydrogens is 168 g/mol. The molecule has 2 aromatic rings. The molecule has 0 radical (unpaired) electrons. The summed E-state index contributed by atoms with van der Waals surface area (Å²) in [6.07, 6.45) is 1.39. The van der Waals surface area contributed by atoms with E-state index in [0.29, 0.717) is 22.6 Å². The molecule has 0 bridgehead atoms. The van der Waals surface area contributed by atoms with Gasteiger partial charge in [0.05, 0.1) is 5.69 Å². The van der Waals surface area contributed by atoms with E-state index in [1.54, 1.807) is 13.8 Å². The molecular formula is C9H8N2O2. The normalized spacial score (nSPS) is 10.6. The minimum absolute atomic E-state index is 0.0862. The zero-order valence-corrected chi connectivity index (χ0v) is 7.37. The van der Waals surface area contributed by atoms with Gasteiger partial charge in [0.25, 0.3) is 0 Å². The van der Waals surface area contributed by atoms with E-state index in [1.165, 1.54) is 12.4 Å². The summed E-state index contributed by atoms with van der Waals surface area (Å²) >= 11 is 0. The first-order valence-corrected chi connectivity index (χ1v) is 3.90. The number of rotatable bonds is 0. The summed E-state index contributed by atoms with van der Waals surface area (Å²) in [5.74, 6) is 0.565. The van der Waals surface area contributed by atoms with Crippen molar-refractivity contribution in [1.29, 1.82) is 0 Å². The highest BCUT2D eigenvalue weighted by molar-refractivity contribution is 5.74. The van der Waals surface area contributed by atoms with Crippen molar-refractivity contribution in [3.8, 4) is 0 Å².